The molecule has 0 aromatic heterocycles. The first-order valence-electron chi connectivity index (χ1n) is 10.9. The summed E-state index contributed by atoms with van der Waals surface area (Å²) in [6.45, 7) is 2.02. The van der Waals surface area contributed by atoms with Gasteiger partial charge in [-0.3, -0.25) is 14.1 Å². The molecular weight excluding hydrogens is 470 g/mol. The highest BCUT2D eigenvalue weighted by Crippen LogP contribution is 2.12. The fourth-order valence-corrected chi connectivity index (χ4v) is 3.61. The molecule has 3 N–H and O–H groups in total. The van der Waals surface area contributed by atoms with Gasteiger partial charge in [0.05, 0.1) is 4.90 Å². The maximum absolute atomic E-state index is 11.8. The normalized spacial score (nSPS) is 11.5. The number of hydrogen-bond acceptors (Lipinski definition) is 7. The van der Waals surface area contributed by atoms with E-state index in [1.165, 1.54) is 6.07 Å². The number of hydrogen-bond donors (Lipinski definition) is 2. The van der Waals surface area contributed by atoms with Crippen LogP contribution in [0.5, 0.6) is 0 Å². The van der Waals surface area contributed by atoms with Gasteiger partial charge in [0, 0.05) is 6.42 Å². The van der Waals surface area contributed by atoms with Crippen molar-refractivity contribution in [1.82, 2.24) is 0 Å². The third kappa shape index (κ3) is 10.5. The van der Waals surface area contributed by atoms with Gasteiger partial charge in [0.25, 0.3) is 10.1 Å². The molecule has 0 heterocycles. The number of benzene rings is 3. The van der Waals surface area contributed by atoms with Crippen LogP contribution in [-0.2, 0) is 42.4 Å². The van der Waals surface area contributed by atoms with Gasteiger partial charge in [-0.05, 0) is 36.1 Å². The number of nitrogens with two attached hydrogens (primary N) is 1. The summed E-state index contributed by atoms with van der Waals surface area (Å²) < 4.78 is 40.1. The van der Waals surface area contributed by atoms with Crippen molar-refractivity contribution >= 4 is 22.1 Å². The second kappa shape index (κ2) is 14.0. The van der Waals surface area contributed by atoms with Gasteiger partial charge >= 0.3 is 11.9 Å². The predicted octanol–water partition coefficient (Wildman–Crippen LogP) is 3.82. The highest BCUT2D eigenvalue weighted by molar-refractivity contribution is 7.85. The van der Waals surface area contributed by atoms with Crippen molar-refractivity contribution in [2.75, 3.05) is 0 Å². The molecular formula is C26H29NO7S. The lowest BCUT2D eigenvalue weighted by Gasteiger charge is -2.11. The number of aryl methyl sites for hydroxylation is 1. The van der Waals surface area contributed by atoms with E-state index in [0.29, 0.717) is 5.56 Å². The van der Waals surface area contributed by atoms with Gasteiger partial charge in [0.1, 0.15) is 19.3 Å². The lowest BCUT2D eigenvalue weighted by atomic mass is 10.1. The van der Waals surface area contributed by atoms with Crippen molar-refractivity contribution in [3.63, 3.8) is 0 Å². The Morgan fingerprint density at radius 3 is 1.80 bits per heavy atom. The van der Waals surface area contributed by atoms with E-state index >= 15 is 0 Å². The molecule has 8 nitrogen and oxygen atoms in total. The Labute approximate surface area is 205 Å². The van der Waals surface area contributed by atoms with Crippen LogP contribution in [0.3, 0.4) is 0 Å². The molecule has 0 amide bonds. The van der Waals surface area contributed by atoms with E-state index in [1.54, 1.807) is 25.1 Å². The van der Waals surface area contributed by atoms with E-state index in [1.807, 2.05) is 60.7 Å². The lowest BCUT2D eigenvalue weighted by Crippen LogP contribution is -2.32. The van der Waals surface area contributed by atoms with E-state index in [4.69, 9.17) is 19.8 Å². The first-order chi connectivity index (χ1) is 16.7. The summed E-state index contributed by atoms with van der Waals surface area (Å²) in [5.41, 5.74) is 8.11. The van der Waals surface area contributed by atoms with Crippen molar-refractivity contribution in [2.24, 2.45) is 5.73 Å². The van der Waals surface area contributed by atoms with Gasteiger partial charge in [-0.1, -0.05) is 78.9 Å². The van der Waals surface area contributed by atoms with E-state index in [-0.39, 0.29) is 36.9 Å². The monoisotopic (exact) mass is 499 g/mol. The summed E-state index contributed by atoms with van der Waals surface area (Å²) >= 11 is 0. The maximum atomic E-state index is 11.8. The molecule has 3 aromatic rings. The Balaban J connectivity index is 0.000000328. The molecule has 1 atom stereocenters. The summed E-state index contributed by atoms with van der Waals surface area (Å²) in [6, 6.07) is 24.2. The molecule has 0 saturated carbocycles. The first kappa shape index (κ1) is 27.7. The molecule has 9 heteroatoms. The SMILES string of the molecule is Cc1ccccc1S(=O)(=O)O.N[C@@H](CCC(=O)OCc1ccccc1)C(=O)OCc1ccccc1. The molecule has 0 spiro atoms. The second-order valence-corrected chi connectivity index (χ2v) is 9.02. The fourth-order valence-electron chi connectivity index (χ4n) is 2.88. The molecule has 186 valence electrons. The fraction of sp³-hybridized carbons (Fsp3) is 0.231. The molecule has 3 rings (SSSR count). The van der Waals surface area contributed by atoms with Crippen molar-refractivity contribution in [1.29, 1.82) is 0 Å². The van der Waals surface area contributed by atoms with Gasteiger partial charge in [-0.2, -0.15) is 8.42 Å². The molecule has 0 saturated heterocycles. The van der Waals surface area contributed by atoms with Gasteiger partial charge in [0.2, 0.25) is 0 Å². The van der Waals surface area contributed by atoms with Crippen LogP contribution in [-0.4, -0.2) is 31.0 Å². The predicted molar refractivity (Wildman–Crippen MR) is 131 cm³/mol. The minimum absolute atomic E-state index is 0.0278. The molecule has 0 radical (unpaired) electrons. The number of carbonyl (C=O) groups excluding carboxylic acids is 2. The van der Waals surface area contributed by atoms with Crippen molar-refractivity contribution in [2.45, 2.75) is 43.9 Å². The van der Waals surface area contributed by atoms with Crippen LogP contribution in [0.4, 0.5) is 0 Å². The Morgan fingerprint density at radius 1 is 0.829 bits per heavy atom. The molecule has 0 bridgehead atoms. The summed E-state index contributed by atoms with van der Waals surface area (Å²) in [4.78, 5) is 23.5. The van der Waals surface area contributed by atoms with Crippen LogP contribution < -0.4 is 5.73 Å². The maximum Gasteiger partial charge on any atom is 0.323 e. The summed E-state index contributed by atoms with van der Waals surface area (Å²) in [5, 5.41) is 0. The smallest absolute Gasteiger partial charge is 0.323 e. The van der Waals surface area contributed by atoms with Crippen LogP contribution in [0.25, 0.3) is 0 Å². The Hall–Kier alpha value is -3.53. The number of ether oxygens (including phenoxy) is 2. The third-order valence-electron chi connectivity index (χ3n) is 4.80. The van der Waals surface area contributed by atoms with E-state index in [0.717, 1.165) is 11.1 Å². The van der Waals surface area contributed by atoms with Crippen LogP contribution >= 0.6 is 0 Å². The highest BCUT2D eigenvalue weighted by Gasteiger charge is 2.17. The summed E-state index contributed by atoms with van der Waals surface area (Å²) in [7, 11) is -4.03. The van der Waals surface area contributed by atoms with Crippen molar-refractivity contribution in [3.8, 4) is 0 Å². The minimum atomic E-state index is -4.03. The second-order valence-electron chi connectivity index (χ2n) is 7.63. The van der Waals surface area contributed by atoms with Crippen LogP contribution in [0, 0.1) is 6.92 Å². The van der Waals surface area contributed by atoms with E-state index in [9.17, 15) is 18.0 Å². The third-order valence-corrected chi connectivity index (χ3v) is 5.81. The number of esters is 2. The van der Waals surface area contributed by atoms with Crippen LogP contribution in [0.15, 0.2) is 89.8 Å². The molecule has 0 unspecified atom stereocenters. The van der Waals surface area contributed by atoms with Gasteiger partial charge in [-0.25, -0.2) is 0 Å². The summed E-state index contributed by atoms with van der Waals surface area (Å²) in [6.07, 6.45) is 0.273. The zero-order valence-electron chi connectivity index (χ0n) is 19.4. The van der Waals surface area contributed by atoms with Gasteiger partial charge < -0.3 is 15.2 Å². The molecule has 0 fully saturated rings. The Bertz CT molecular complexity index is 1180. The first-order valence-corrected chi connectivity index (χ1v) is 12.3. The number of carbonyl (C=O) groups is 2. The molecule has 35 heavy (non-hydrogen) atoms. The van der Waals surface area contributed by atoms with Gasteiger partial charge in [0.15, 0.2) is 0 Å². The lowest BCUT2D eigenvalue weighted by molar-refractivity contribution is -0.148. The molecule has 3 aromatic carbocycles. The molecule has 0 aliphatic carbocycles. The average Bonchev–Trinajstić information content (AvgIpc) is 2.85. The summed E-state index contributed by atoms with van der Waals surface area (Å²) in [5.74, 6) is -0.903. The average molecular weight is 500 g/mol. The quantitative estimate of drug-likeness (QED) is 0.335. The van der Waals surface area contributed by atoms with E-state index < -0.39 is 22.1 Å². The van der Waals surface area contributed by atoms with Crippen LogP contribution in [0.2, 0.25) is 0 Å². The minimum Gasteiger partial charge on any atom is -0.461 e. The topological polar surface area (TPSA) is 133 Å². The zero-order chi connectivity index (χ0) is 25.7. The standard InChI is InChI=1S/C19H21NO4.C7H8O3S/c20-17(19(22)24-14-16-9-5-2-6-10-16)11-12-18(21)23-13-15-7-3-1-4-8-15;1-6-4-2-3-5-7(6)11(8,9)10/h1-10,17H,11-14,20H2;2-5H,1H3,(H,8,9,10)/t17-;/m0./s1. The molecule has 0 aliphatic heterocycles. The largest absolute Gasteiger partial charge is 0.461 e. The van der Waals surface area contributed by atoms with Crippen molar-refractivity contribution in [3.05, 3.63) is 102 Å². The van der Waals surface area contributed by atoms with E-state index in [2.05, 4.69) is 0 Å². The zero-order valence-corrected chi connectivity index (χ0v) is 20.2. The molecule has 0 aliphatic rings. The number of rotatable bonds is 9. The highest BCUT2D eigenvalue weighted by atomic mass is 32.2. The Kier molecular flexibility index (Phi) is 11.1. The Morgan fingerprint density at radius 2 is 1.31 bits per heavy atom. The van der Waals surface area contributed by atoms with Crippen LogP contribution in [0.1, 0.15) is 29.5 Å². The van der Waals surface area contributed by atoms with Gasteiger partial charge in [-0.15, -0.1) is 0 Å². The van der Waals surface area contributed by atoms with Crippen molar-refractivity contribution < 1.29 is 32.0 Å².